The Kier molecular flexibility index (Phi) is 14.3. The quantitative estimate of drug-likeness (QED) is 0.253. The Hall–Kier alpha value is -1.16. The first-order chi connectivity index (χ1) is 12.2. The Morgan fingerprint density at radius 2 is 1.38 bits per heavy atom. The highest BCUT2D eigenvalue weighted by atomic mass is 16.6. The topological polar surface area (TPSA) is 69.4 Å². The second-order valence-corrected chi connectivity index (χ2v) is 8.35. The van der Waals surface area contributed by atoms with Crippen molar-refractivity contribution in [1.29, 1.82) is 0 Å². The Morgan fingerprint density at radius 3 is 1.88 bits per heavy atom. The van der Waals surface area contributed by atoms with E-state index in [-0.39, 0.29) is 6.54 Å². The van der Waals surface area contributed by atoms with Gasteiger partial charge in [0, 0.05) is 6.08 Å². The third-order valence-corrected chi connectivity index (χ3v) is 4.89. The van der Waals surface area contributed by atoms with E-state index in [9.17, 15) is 9.59 Å². The van der Waals surface area contributed by atoms with Crippen LogP contribution in [0.15, 0.2) is 11.6 Å². The van der Waals surface area contributed by atoms with E-state index >= 15 is 0 Å². The molecule has 0 aromatic carbocycles. The fourth-order valence-electron chi connectivity index (χ4n) is 3.16. The van der Waals surface area contributed by atoms with Crippen LogP contribution in [-0.4, -0.2) is 18.5 Å². The van der Waals surface area contributed by atoms with Gasteiger partial charge in [-0.1, -0.05) is 78.2 Å². The summed E-state index contributed by atoms with van der Waals surface area (Å²) in [4.78, 5) is 22.4. The van der Waals surface area contributed by atoms with Crippen molar-refractivity contribution in [3.8, 4) is 0 Å². The molecule has 0 aliphatic heterocycles. The summed E-state index contributed by atoms with van der Waals surface area (Å²) >= 11 is 0. The van der Waals surface area contributed by atoms with E-state index in [1.54, 1.807) is 0 Å². The maximum absolute atomic E-state index is 11.5. The van der Waals surface area contributed by atoms with E-state index in [1.165, 1.54) is 51.0 Å². The van der Waals surface area contributed by atoms with Crippen LogP contribution in [0.3, 0.4) is 0 Å². The summed E-state index contributed by atoms with van der Waals surface area (Å²) in [5.74, 6) is 1.08. The predicted octanol–water partition coefficient (Wildman–Crippen LogP) is 5.40. The monoisotopic (exact) mass is 367 g/mol. The van der Waals surface area contributed by atoms with Gasteiger partial charge in [-0.3, -0.25) is 4.79 Å². The minimum Gasteiger partial charge on any atom is -0.389 e. The zero-order valence-electron chi connectivity index (χ0n) is 17.7. The van der Waals surface area contributed by atoms with Gasteiger partial charge < -0.3 is 10.5 Å². The van der Waals surface area contributed by atoms with Crippen molar-refractivity contribution in [1.82, 2.24) is 0 Å². The highest BCUT2D eigenvalue weighted by molar-refractivity contribution is 5.92. The molecule has 0 amide bonds. The van der Waals surface area contributed by atoms with E-state index in [2.05, 4.69) is 32.4 Å². The molecule has 0 aliphatic rings. The molecule has 0 unspecified atom stereocenters. The second-order valence-electron chi connectivity index (χ2n) is 8.35. The van der Waals surface area contributed by atoms with Gasteiger partial charge in [0.15, 0.2) is 0 Å². The minimum absolute atomic E-state index is 0.271. The number of esters is 2. The summed E-state index contributed by atoms with van der Waals surface area (Å²) in [7, 11) is 0. The van der Waals surface area contributed by atoms with Crippen LogP contribution >= 0.6 is 0 Å². The maximum Gasteiger partial charge on any atom is 0.338 e. The first kappa shape index (κ1) is 24.8. The van der Waals surface area contributed by atoms with Gasteiger partial charge in [0.1, 0.15) is 0 Å². The van der Waals surface area contributed by atoms with Crippen LogP contribution in [0.5, 0.6) is 0 Å². The minimum atomic E-state index is -0.689. The van der Waals surface area contributed by atoms with E-state index in [0.29, 0.717) is 0 Å². The molecule has 26 heavy (non-hydrogen) atoms. The van der Waals surface area contributed by atoms with Gasteiger partial charge in [0.25, 0.3) is 0 Å². The van der Waals surface area contributed by atoms with Crippen LogP contribution in [0, 0.1) is 17.8 Å². The van der Waals surface area contributed by atoms with Crippen LogP contribution in [0.1, 0.15) is 92.4 Å². The zero-order valence-corrected chi connectivity index (χ0v) is 17.7. The van der Waals surface area contributed by atoms with Crippen molar-refractivity contribution in [3.05, 3.63) is 11.6 Å². The number of hydrogen-bond donors (Lipinski definition) is 1. The Balaban J connectivity index is 3.80. The van der Waals surface area contributed by atoms with Crippen LogP contribution < -0.4 is 5.73 Å². The first-order valence-corrected chi connectivity index (χ1v) is 10.4. The molecule has 0 fully saturated rings. The highest BCUT2D eigenvalue weighted by Gasteiger charge is 2.08. The van der Waals surface area contributed by atoms with Crippen molar-refractivity contribution in [3.63, 3.8) is 0 Å². The normalized spacial score (nSPS) is 14.3. The smallest absolute Gasteiger partial charge is 0.338 e. The third-order valence-electron chi connectivity index (χ3n) is 4.89. The summed E-state index contributed by atoms with van der Waals surface area (Å²) in [5.41, 5.74) is 6.06. The molecule has 0 aliphatic carbocycles. The van der Waals surface area contributed by atoms with Crippen molar-refractivity contribution in [2.45, 2.75) is 92.4 Å². The fourth-order valence-corrected chi connectivity index (χ4v) is 3.16. The zero-order chi connectivity index (χ0) is 19.9. The summed E-state index contributed by atoms with van der Waals surface area (Å²) in [6.45, 7) is 10.9. The lowest BCUT2D eigenvalue weighted by molar-refractivity contribution is -0.155. The number of rotatable bonds is 14. The number of ether oxygens (including phenoxy) is 1. The summed E-state index contributed by atoms with van der Waals surface area (Å²) in [6, 6.07) is 0. The van der Waals surface area contributed by atoms with Gasteiger partial charge in [0.2, 0.25) is 0 Å². The van der Waals surface area contributed by atoms with E-state index in [1.807, 2.05) is 6.92 Å². The lowest BCUT2D eigenvalue weighted by Crippen LogP contribution is -2.19. The van der Waals surface area contributed by atoms with E-state index < -0.39 is 11.9 Å². The Bertz CT molecular complexity index is 429. The molecule has 0 aromatic rings. The van der Waals surface area contributed by atoms with Crippen LogP contribution in [0.2, 0.25) is 0 Å². The lowest BCUT2D eigenvalue weighted by atomic mass is 9.91. The van der Waals surface area contributed by atoms with Gasteiger partial charge in [-0.15, -0.1) is 0 Å². The van der Waals surface area contributed by atoms with Crippen LogP contribution in [-0.2, 0) is 14.3 Å². The van der Waals surface area contributed by atoms with Crippen molar-refractivity contribution >= 4 is 11.9 Å². The molecule has 0 rings (SSSR count). The average molecular weight is 368 g/mol. The average Bonchev–Trinajstić information content (AvgIpc) is 2.54. The van der Waals surface area contributed by atoms with Gasteiger partial charge in [-0.05, 0) is 37.5 Å². The van der Waals surface area contributed by atoms with E-state index in [4.69, 9.17) is 5.73 Å². The summed E-state index contributed by atoms with van der Waals surface area (Å²) < 4.78 is 4.53. The molecule has 2 N–H and O–H groups in total. The van der Waals surface area contributed by atoms with Gasteiger partial charge in [-0.2, -0.15) is 0 Å². The summed E-state index contributed by atoms with van der Waals surface area (Å²) in [5, 5.41) is 0. The number of carbonyl (C=O) groups is 2. The summed E-state index contributed by atoms with van der Waals surface area (Å²) in [6.07, 6.45) is 12.5. The Morgan fingerprint density at radius 1 is 0.885 bits per heavy atom. The Labute approximate surface area is 160 Å². The molecule has 0 bridgehead atoms. The molecule has 4 heteroatoms. The molecule has 4 nitrogen and oxygen atoms in total. The molecular weight excluding hydrogens is 326 g/mol. The molecule has 0 saturated heterocycles. The molecule has 152 valence electrons. The molecular formula is C22H41NO3. The van der Waals surface area contributed by atoms with Crippen molar-refractivity contribution in [2.75, 3.05) is 6.54 Å². The van der Waals surface area contributed by atoms with E-state index in [0.717, 1.165) is 36.2 Å². The van der Waals surface area contributed by atoms with Gasteiger partial charge in [-0.25, -0.2) is 4.79 Å². The SMILES string of the molecule is C/C(=C\C(=O)OC(=O)CN)CCC[C@H](C)CCC[C@H](C)CCCC(C)C. The lowest BCUT2D eigenvalue weighted by Gasteiger charge is -2.15. The van der Waals surface area contributed by atoms with Crippen molar-refractivity contribution in [2.24, 2.45) is 23.5 Å². The molecule has 0 saturated carbocycles. The third kappa shape index (κ3) is 15.1. The maximum atomic E-state index is 11.5. The standard InChI is InChI=1S/C22H41NO3/c1-17(2)9-6-10-18(3)11-7-12-19(4)13-8-14-20(5)15-21(24)26-22(25)16-23/h15,17-19H,6-14,16,23H2,1-5H3/b20-15+/t18-,19-/m1/s1. The molecule has 0 radical (unpaired) electrons. The van der Waals surface area contributed by atoms with Crippen LogP contribution in [0.25, 0.3) is 0 Å². The number of carbonyl (C=O) groups excluding carboxylic acids is 2. The molecule has 0 spiro atoms. The number of allylic oxidation sites excluding steroid dienone is 1. The van der Waals surface area contributed by atoms with Crippen molar-refractivity contribution < 1.29 is 14.3 Å². The predicted molar refractivity (Wildman–Crippen MR) is 109 cm³/mol. The largest absolute Gasteiger partial charge is 0.389 e. The van der Waals surface area contributed by atoms with Crippen LogP contribution in [0.4, 0.5) is 0 Å². The molecule has 0 heterocycles. The van der Waals surface area contributed by atoms with Gasteiger partial charge in [0.05, 0.1) is 6.54 Å². The molecule has 2 atom stereocenters. The number of hydrogen-bond acceptors (Lipinski definition) is 4. The number of nitrogens with two attached hydrogens (primary N) is 1. The highest BCUT2D eigenvalue weighted by Crippen LogP contribution is 2.22. The second kappa shape index (κ2) is 15.0. The molecule has 0 aromatic heterocycles. The first-order valence-electron chi connectivity index (χ1n) is 10.4. The van der Waals surface area contributed by atoms with Gasteiger partial charge >= 0.3 is 11.9 Å². The fraction of sp³-hybridized carbons (Fsp3) is 0.818.